The number of amides is 2. The molecule has 0 aromatic heterocycles. The molecule has 6 heteroatoms. The van der Waals surface area contributed by atoms with Gasteiger partial charge in [-0.1, -0.05) is 18.2 Å². The number of carboxylic acid groups (broad SMARTS) is 1. The highest BCUT2D eigenvalue weighted by Gasteiger charge is 2.01. The standard InChI is InChI=1S/C9H9NO3.C7H7NO/c1-6(11)10-8-4-2-7(3-5-8)9(12)13;8-7(9)6-4-2-1-3-5-6/h2-5H,1H3,(H,10,11)(H,12,13);1-5H,(H2,8,9). The molecule has 0 aliphatic heterocycles. The first-order valence-corrected chi connectivity index (χ1v) is 6.36. The number of nitrogens with two attached hydrogens (primary N) is 1. The summed E-state index contributed by atoms with van der Waals surface area (Å²) in [4.78, 5) is 31.5. The summed E-state index contributed by atoms with van der Waals surface area (Å²) in [6, 6.07) is 14.7. The average molecular weight is 300 g/mol. The molecule has 0 saturated heterocycles. The van der Waals surface area contributed by atoms with Crippen LogP contribution in [0.3, 0.4) is 0 Å². The Morgan fingerprint density at radius 1 is 0.909 bits per heavy atom. The molecule has 0 bridgehead atoms. The van der Waals surface area contributed by atoms with Gasteiger partial charge in [-0.2, -0.15) is 0 Å². The van der Waals surface area contributed by atoms with Crippen LogP contribution in [0.1, 0.15) is 27.6 Å². The minimum Gasteiger partial charge on any atom is -0.478 e. The van der Waals surface area contributed by atoms with Crippen molar-refractivity contribution >= 4 is 23.5 Å². The van der Waals surface area contributed by atoms with Gasteiger partial charge in [0.15, 0.2) is 0 Å². The lowest BCUT2D eigenvalue weighted by Crippen LogP contribution is -2.09. The van der Waals surface area contributed by atoms with Gasteiger partial charge in [0.1, 0.15) is 0 Å². The lowest BCUT2D eigenvalue weighted by molar-refractivity contribution is -0.114. The van der Waals surface area contributed by atoms with E-state index in [0.717, 1.165) is 0 Å². The zero-order chi connectivity index (χ0) is 16.5. The third-order valence-corrected chi connectivity index (χ3v) is 2.51. The van der Waals surface area contributed by atoms with E-state index in [4.69, 9.17) is 10.8 Å². The minimum absolute atomic E-state index is 0.178. The highest BCUT2D eigenvalue weighted by molar-refractivity contribution is 5.92. The van der Waals surface area contributed by atoms with E-state index in [2.05, 4.69) is 5.32 Å². The number of rotatable bonds is 3. The van der Waals surface area contributed by atoms with Crippen molar-refractivity contribution in [2.75, 3.05) is 5.32 Å². The van der Waals surface area contributed by atoms with Crippen LogP contribution in [0.15, 0.2) is 54.6 Å². The van der Waals surface area contributed by atoms with Gasteiger partial charge in [-0.3, -0.25) is 9.59 Å². The van der Waals surface area contributed by atoms with Crippen LogP contribution in [0.4, 0.5) is 5.69 Å². The SMILES string of the molecule is CC(=O)Nc1ccc(C(=O)O)cc1.NC(=O)c1ccccc1. The molecular weight excluding hydrogens is 284 g/mol. The molecule has 0 saturated carbocycles. The van der Waals surface area contributed by atoms with Gasteiger partial charge in [-0.05, 0) is 36.4 Å². The number of hydrogen-bond donors (Lipinski definition) is 3. The van der Waals surface area contributed by atoms with E-state index >= 15 is 0 Å². The molecule has 0 radical (unpaired) electrons. The molecule has 0 heterocycles. The molecule has 0 aliphatic rings. The number of carbonyl (C=O) groups is 3. The van der Waals surface area contributed by atoms with Gasteiger partial charge in [0, 0.05) is 18.2 Å². The number of carboxylic acids is 1. The number of anilines is 1. The molecule has 2 aromatic carbocycles. The zero-order valence-corrected chi connectivity index (χ0v) is 11.9. The van der Waals surface area contributed by atoms with E-state index in [0.29, 0.717) is 11.3 Å². The first kappa shape index (κ1) is 16.9. The van der Waals surface area contributed by atoms with Crippen molar-refractivity contribution in [2.24, 2.45) is 5.73 Å². The summed E-state index contributed by atoms with van der Waals surface area (Å²) in [6.45, 7) is 1.39. The number of benzene rings is 2. The molecule has 0 aliphatic carbocycles. The van der Waals surface area contributed by atoms with Crippen molar-refractivity contribution in [1.82, 2.24) is 0 Å². The molecule has 0 unspecified atom stereocenters. The fourth-order valence-electron chi connectivity index (χ4n) is 1.50. The fraction of sp³-hybridized carbons (Fsp3) is 0.0625. The smallest absolute Gasteiger partial charge is 0.335 e. The van der Waals surface area contributed by atoms with Gasteiger partial charge in [-0.15, -0.1) is 0 Å². The summed E-state index contributed by atoms with van der Waals surface area (Å²) < 4.78 is 0. The number of carbonyl (C=O) groups excluding carboxylic acids is 2. The number of hydrogen-bond acceptors (Lipinski definition) is 3. The van der Waals surface area contributed by atoms with E-state index in [1.807, 2.05) is 6.07 Å². The zero-order valence-electron chi connectivity index (χ0n) is 11.9. The Morgan fingerprint density at radius 2 is 1.45 bits per heavy atom. The summed E-state index contributed by atoms with van der Waals surface area (Å²) in [6.07, 6.45) is 0. The lowest BCUT2D eigenvalue weighted by atomic mass is 10.2. The Morgan fingerprint density at radius 3 is 1.82 bits per heavy atom. The first-order valence-electron chi connectivity index (χ1n) is 6.36. The summed E-state index contributed by atoms with van der Waals surface area (Å²) in [7, 11) is 0. The van der Waals surface area contributed by atoms with Crippen LogP contribution in [-0.2, 0) is 4.79 Å². The molecule has 2 amide bonds. The fourth-order valence-corrected chi connectivity index (χ4v) is 1.50. The summed E-state index contributed by atoms with van der Waals surface area (Å²) >= 11 is 0. The largest absolute Gasteiger partial charge is 0.478 e. The molecule has 114 valence electrons. The molecule has 22 heavy (non-hydrogen) atoms. The molecule has 4 N–H and O–H groups in total. The van der Waals surface area contributed by atoms with Crippen LogP contribution in [0.5, 0.6) is 0 Å². The molecule has 2 rings (SSSR count). The molecule has 0 atom stereocenters. The van der Waals surface area contributed by atoms with Crippen molar-refractivity contribution < 1.29 is 19.5 Å². The van der Waals surface area contributed by atoms with Gasteiger partial charge < -0.3 is 16.2 Å². The second kappa shape index (κ2) is 8.21. The third-order valence-electron chi connectivity index (χ3n) is 2.51. The van der Waals surface area contributed by atoms with Crippen molar-refractivity contribution in [1.29, 1.82) is 0 Å². The molecule has 6 nitrogen and oxygen atoms in total. The van der Waals surface area contributed by atoms with Crippen LogP contribution in [-0.4, -0.2) is 22.9 Å². The van der Waals surface area contributed by atoms with E-state index in [1.54, 1.807) is 36.4 Å². The molecule has 0 spiro atoms. The second-order valence-corrected chi connectivity index (χ2v) is 4.29. The first-order chi connectivity index (χ1) is 10.4. The maximum Gasteiger partial charge on any atom is 0.335 e. The van der Waals surface area contributed by atoms with Crippen LogP contribution < -0.4 is 11.1 Å². The highest BCUT2D eigenvalue weighted by atomic mass is 16.4. The van der Waals surface area contributed by atoms with E-state index in [1.165, 1.54) is 19.1 Å². The monoisotopic (exact) mass is 300 g/mol. The minimum atomic E-state index is -0.977. The van der Waals surface area contributed by atoms with Crippen molar-refractivity contribution in [3.63, 3.8) is 0 Å². The molecular formula is C16H16N2O4. The quantitative estimate of drug-likeness (QED) is 0.806. The van der Waals surface area contributed by atoms with Gasteiger partial charge >= 0.3 is 5.97 Å². The van der Waals surface area contributed by atoms with E-state index in [9.17, 15) is 14.4 Å². The van der Waals surface area contributed by atoms with Crippen molar-refractivity contribution in [3.8, 4) is 0 Å². The van der Waals surface area contributed by atoms with Crippen molar-refractivity contribution in [2.45, 2.75) is 6.92 Å². The predicted molar refractivity (Wildman–Crippen MR) is 82.7 cm³/mol. The molecule has 0 fully saturated rings. The van der Waals surface area contributed by atoms with Gasteiger partial charge in [0.2, 0.25) is 11.8 Å². The Kier molecular flexibility index (Phi) is 6.31. The summed E-state index contributed by atoms with van der Waals surface area (Å²) in [5.41, 5.74) is 6.33. The maximum atomic E-state index is 10.6. The maximum absolute atomic E-state index is 10.6. The third kappa shape index (κ3) is 5.87. The van der Waals surface area contributed by atoms with Gasteiger partial charge in [0.25, 0.3) is 0 Å². The average Bonchev–Trinajstić information content (AvgIpc) is 2.48. The Hall–Kier alpha value is -3.15. The number of nitrogens with one attached hydrogen (secondary N) is 1. The van der Waals surface area contributed by atoms with E-state index < -0.39 is 5.97 Å². The Labute approximate surface area is 127 Å². The Bertz CT molecular complexity index is 652. The van der Waals surface area contributed by atoms with Crippen LogP contribution in [0, 0.1) is 0 Å². The van der Waals surface area contributed by atoms with Crippen LogP contribution in [0.25, 0.3) is 0 Å². The van der Waals surface area contributed by atoms with Crippen LogP contribution >= 0.6 is 0 Å². The van der Waals surface area contributed by atoms with Crippen LogP contribution in [0.2, 0.25) is 0 Å². The number of primary amides is 1. The topological polar surface area (TPSA) is 109 Å². The summed E-state index contributed by atoms with van der Waals surface area (Å²) in [5, 5.41) is 11.1. The van der Waals surface area contributed by atoms with Gasteiger partial charge in [-0.25, -0.2) is 4.79 Å². The highest BCUT2D eigenvalue weighted by Crippen LogP contribution is 2.08. The lowest BCUT2D eigenvalue weighted by Gasteiger charge is -2.01. The number of aromatic carboxylic acids is 1. The van der Waals surface area contributed by atoms with Gasteiger partial charge in [0.05, 0.1) is 5.56 Å². The predicted octanol–water partition coefficient (Wildman–Crippen LogP) is 2.13. The second-order valence-electron chi connectivity index (χ2n) is 4.29. The normalized spacial score (nSPS) is 9.14. The Balaban J connectivity index is 0.000000235. The van der Waals surface area contributed by atoms with Crippen molar-refractivity contribution in [3.05, 3.63) is 65.7 Å². The molecule has 2 aromatic rings. The summed E-state index contributed by atoms with van der Waals surface area (Å²) in [5.74, 6) is -1.53. The van der Waals surface area contributed by atoms with E-state index in [-0.39, 0.29) is 17.4 Å².